The van der Waals surface area contributed by atoms with Gasteiger partial charge in [0.1, 0.15) is 11.5 Å². The number of carbonyl (C=O) groups excluding carboxylic acids is 1. The van der Waals surface area contributed by atoms with Gasteiger partial charge >= 0.3 is 5.97 Å². The second-order valence-corrected chi connectivity index (χ2v) is 13.7. The molecule has 2 atom stereocenters. The van der Waals surface area contributed by atoms with Crippen LogP contribution in [-0.4, -0.2) is 18.7 Å². The molecule has 0 saturated carbocycles. The number of hydrogen-bond acceptors (Lipinski definition) is 4. The van der Waals surface area contributed by atoms with Gasteiger partial charge in [-0.15, -0.1) is 0 Å². The zero-order chi connectivity index (χ0) is 33.8. The maximum atomic E-state index is 12.7. The van der Waals surface area contributed by atoms with E-state index >= 15 is 0 Å². The van der Waals surface area contributed by atoms with E-state index in [4.69, 9.17) is 14.2 Å². The van der Waals surface area contributed by atoms with Crippen molar-refractivity contribution >= 4 is 5.97 Å². The third-order valence-corrected chi connectivity index (χ3v) is 9.31. The van der Waals surface area contributed by atoms with E-state index in [1.54, 1.807) is 12.1 Å². The molecule has 2 unspecified atom stereocenters. The van der Waals surface area contributed by atoms with Crippen LogP contribution in [0.5, 0.6) is 11.5 Å². The molecule has 0 N–H and O–H groups in total. The summed E-state index contributed by atoms with van der Waals surface area (Å²) in [5.41, 5.74) is 1.61. The highest BCUT2D eigenvalue weighted by atomic mass is 16.5. The first-order valence-electron chi connectivity index (χ1n) is 19.8. The number of hydrogen-bond donors (Lipinski definition) is 0. The van der Waals surface area contributed by atoms with Crippen LogP contribution in [0.2, 0.25) is 0 Å². The molecular formula is C43H70O4. The van der Waals surface area contributed by atoms with Gasteiger partial charge in [-0.25, -0.2) is 4.79 Å². The van der Waals surface area contributed by atoms with E-state index in [1.165, 1.54) is 122 Å². The first-order valence-corrected chi connectivity index (χ1v) is 19.8. The minimum absolute atomic E-state index is 0.00673. The lowest BCUT2D eigenvalue weighted by molar-refractivity contribution is 0.0626. The molecule has 4 nitrogen and oxygen atoms in total. The van der Waals surface area contributed by atoms with Crippen molar-refractivity contribution in [2.75, 3.05) is 6.61 Å². The molecule has 266 valence electrons. The number of rotatable bonds is 30. The van der Waals surface area contributed by atoms with Crippen molar-refractivity contribution in [1.29, 1.82) is 0 Å². The molecule has 47 heavy (non-hydrogen) atoms. The largest absolute Gasteiger partial charge is 0.490 e. The summed E-state index contributed by atoms with van der Waals surface area (Å²) in [6.45, 7) is 9.55. The van der Waals surface area contributed by atoms with Crippen molar-refractivity contribution in [3.8, 4) is 11.5 Å². The van der Waals surface area contributed by atoms with Crippen LogP contribution in [0, 0.1) is 0 Å². The van der Waals surface area contributed by atoms with Gasteiger partial charge < -0.3 is 14.2 Å². The molecule has 0 heterocycles. The van der Waals surface area contributed by atoms with E-state index in [1.807, 2.05) is 36.4 Å². The maximum absolute atomic E-state index is 12.7. The quantitative estimate of drug-likeness (QED) is 0.0479. The van der Waals surface area contributed by atoms with E-state index in [2.05, 4.69) is 27.7 Å². The summed E-state index contributed by atoms with van der Waals surface area (Å²) < 4.78 is 17.9. The Labute approximate surface area is 289 Å². The molecule has 0 aliphatic rings. The standard InChI is InChI=1S/C43H70O4/c1-5-8-10-11-12-13-14-15-16-17-18-19-20-21-22-23-24-25-36-45-37(4)38-28-30-39(31-29-38)43(44)47-42-34-32-41(33-35-42)46-40(26-7-3)27-9-6-2/h28-35,37,40H,5-27,36H2,1-4H3. The van der Waals surface area contributed by atoms with Gasteiger partial charge in [-0.1, -0.05) is 161 Å². The number of esters is 1. The first kappa shape index (κ1) is 40.8. The fraction of sp³-hybridized carbons (Fsp3) is 0.698. The Hall–Kier alpha value is -2.33. The molecule has 2 aromatic rings. The molecule has 0 fully saturated rings. The predicted molar refractivity (Wildman–Crippen MR) is 200 cm³/mol. The molecular weight excluding hydrogens is 580 g/mol. The Kier molecular flexibility index (Phi) is 24.0. The molecule has 4 heteroatoms. The summed E-state index contributed by atoms with van der Waals surface area (Å²) >= 11 is 0. The zero-order valence-electron chi connectivity index (χ0n) is 30.9. The van der Waals surface area contributed by atoms with Crippen molar-refractivity contribution < 1.29 is 19.0 Å². The van der Waals surface area contributed by atoms with Crippen molar-refractivity contribution in [2.45, 2.75) is 188 Å². The van der Waals surface area contributed by atoms with Gasteiger partial charge in [0.25, 0.3) is 0 Å². The van der Waals surface area contributed by atoms with Gasteiger partial charge in [0, 0.05) is 6.61 Å². The summed E-state index contributed by atoms with van der Waals surface area (Å²) in [7, 11) is 0. The normalized spacial score (nSPS) is 12.6. The Morgan fingerprint density at radius 3 is 1.49 bits per heavy atom. The number of ether oxygens (including phenoxy) is 3. The Morgan fingerprint density at radius 2 is 1.00 bits per heavy atom. The van der Waals surface area contributed by atoms with Gasteiger partial charge in [-0.2, -0.15) is 0 Å². The number of unbranched alkanes of at least 4 members (excludes halogenated alkanes) is 18. The monoisotopic (exact) mass is 651 g/mol. The van der Waals surface area contributed by atoms with Gasteiger partial charge in [0.2, 0.25) is 0 Å². The fourth-order valence-corrected chi connectivity index (χ4v) is 6.21. The van der Waals surface area contributed by atoms with Crippen molar-refractivity contribution in [2.24, 2.45) is 0 Å². The average molecular weight is 651 g/mol. The van der Waals surface area contributed by atoms with Crippen LogP contribution in [-0.2, 0) is 4.74 Å². The van der Waals surface area contributed by atoms with Gasteiger partial charge in [-0.3, -0.25) is 0 Å². The van der Waals surface area contributed by atoms with Crippen molar-refractivity contribution in [3.63, 3.8) is 0 Å². The average Bonchev–Trinajstić information content (AvgIpc) is 3.09. The number of carbonyl (C=O) groups is 1. The summed E-state index contributed by atoms with van der Waals surface area (Å²) in [6, 6.07) is 15.0. The van der Waals surface area contributed by atoms with Crippen LogP contribution < -0.4 is 9.47 Å². The minimum Gasteiger partial charge on any atom is -0.490 e. The molecule has 0 spiro atoms. The zero-order valence-corrected chi connectivity index (χ0v) is 30.9. The van der Waals surface area contributed by atoms with Crippen LogP contribution in [0.15, 0.2) is 48.5 Å². The Balaban J connectivity index is 1.50. The van der Waals surface area contributed by atoms with Crippen molar-refractivity contribution in [1.82, 2.24) is 0 Å². The Morgan fingerprint density at radius 1 is 0.532 bits per heavy atom. The van der Waals surface area contributed by atoms with Crippen LogP contribution >= 0.6 is 0 Å². The van der Waals surface area contributed by atoms with Gasteiger partial charge in [0.15, 0.2) is 0 Å². The second kappa shape index (κ2) is 27.6. The van der Waals surface area contributed by atoms with Crippen LogP contribution in [0.25, 0.3) is 0 Å². The molecule has 0 aromatic heterocycles. The topological polar surface area (TPSA) is 44.8 Å². The smallest absolute Gasteiger partial charge is 0.343 e. The van der Waals surface area contributed by atoms with E-state index in [9.17, 15) is 4.79 Å². The van der Waals surface area contributed by atoms with Crippen molar-refractivity contribution in [3.05, 3.63) is 59.7 Å². The lowest BCUT2D eigenvalue weighted by Crippen LogP contribution is -2.16. The van der Waals surface area contributed by atoms with Gasteiger partial charge in [-0.05, 0) is 68.1 Å². The SMILES string of the molecule is CCCCCCCCCCCCCCCCCCCCOC(C)c1ccc(C(=O)Oc2ccc(OC(CCC)CCCC)cc2)cc1. The molecule has 0 bridgehead atoms. The van der Waals surface area contributed by atoms with Gasteiger partial charge in [0.05, 0.1) is 17.8 Å². The maximum Gasteiger partial charge on any atom is 0.343 e. The first-order chi connectivity index (χ1) is 23.1. The highest BCUT2D eigenvalue weighted by Crippen LogP contribution is 2.23. The fourth-order valence-electron chi connectivity index (χ4n) is 6.21. The van der Waals surface area contributed by atoms with Crippen LogP contribution in [0.4, 0.5) is 0 Å². The van der Waals surface area contributed by atoms with E-state index in [-0.39, 0.29) is 18.2 Å². The lowest BCUT2D eigenvalue weighted by atomic mass is 10.0. The second-order valence-electron chi connectivity index (χ2n) is 13.7. The molecule has 0 aliphatic heterocycles. The molecule has 0 amide bonds. The minimum atomic E-state index is -0.357. The summed E-state index contributed by atoms with van der Waals surface area (Å²) in [6.07, 6.45) is 30.7. The number of benzene rings is 2. The third kappa shape index (κ3) is 19.9. The van der Waals surface area contributed by atoms with Crippen LogP contribution in [0.1, 0.15) is 197 Å². The highest BCUT2D eigenvalue weighted by Gasteiger charge is 2.13. The highest BCUT2D eigenvalue weighted by molar-refractivity contribution is 5.91. The third-order valence-electron chi connectivity index (χ3n) is 9.31. The molecule has 0 aliphatic carbocycles. The molecule has 2 rings (SSSR count). The molecule has 2 aromatic carbocycles. The summed E-state index contributed by atoms with van der Waals surface area (Å²) in [4.78, 5) is 12.7. The summed E-state index contributed by atoms with van der Waals surface area (Å²) in [5.74, 6) is 0.986. The summed E-state index contributed by atoms with van der Waals surface area (Å²) in [5, 5.41) is 0. The lowest BCUT2D eigenvalue weighted by Gasteiger charge is -2.18. The van der Waals surface area contributed by atoms with Crippen LogP contribution in [0.3, 0.4) is 0 Å². The van der Waals surface area contributed by atoms with E-state index in [0.29, 0.717) is 11.3 Å². The predicted octanol–water partition coefficient (Wildman–Crippen LogP) is 13.8. The molecule has 0 radical (unpaired) electrons. The molecule has 0 saturated heterocycles. The Bertz CT molecular complexity index is 999. The van der Waals surface area contributed by atoms with E-state index in [0.717, 1.165) is 43.6 Å². The van der Waals surface area contributed by atoms with E-state index < -0.39 is 0 Å².